The molecule has 0 N–H and O–H groups in total. The van der Waals surface area contributed by atoms with Crippen molar-refractivity contribution >= 4 is 22.7 Å². The number of benzene rings is 1. The van der Waals surface area contributed by atoms with Crippen LogP contribution in [0.4, 0.5) is 4.39 Å². The summed E-state index contributed by atoms with van der Waals surface area (Å²) >= 11 is 0. The molecule has 1 aromatic heterocycles. The standard InChI is InChI=1S/C13H12FNO3/c1-3-15-7-8(12(16)13(17)18-2)11-9(14)5-4-6-10(11)15/h4-7H,3H2,1-2H3. The number of Topliss-reactive ketones (excluding diaryl/α,β-unsaturated/α-hetero) is 1. The van der Waals surface area contributed by atoms with Gasteiger partial charge in [0.05, 0.1) is 18.2 Å². The van der Waals surface area contributed by atoms with Crippen molar-refractivity contribution in [2.75, 3.05) is 7.11 Å². The summed E-state index contributed by atoms with van der Waals surface area (Å²) < 4.78 is 19.9. The molecule has 0 aliphatic heterocycles. The van der Waals surface area contributed by atoms with Gasteiger partial charge in [0, 0.05) is 18.1 Å². The molecule has 0 fully saturated rings. The molecule has 0 aliphatic rings. The number of nitrogens with zero attached hydrogens (tertiary/aromatic N) is 1. The Morgan fingerprint density at radius 2 is 2.11 bits per heavy atom. The number of rotatable bonds is 3. The molecule has 18 heavy (non-hydrogen) atoms. The van der Waals surface area contributed by atoms with Crippen LogP contribution in [0.15, 0.2) is 24.4 Å². The van der Waals surface area contributed by atoms with Crippen molar-refractivity contribution in [2.24, 2.45) is 0 Å². The first kappa shape index (κ1) is 12.3. The number of hydrogen-bond donors (Lipinski definition) is 0. The van der Waals surface area contributed by atoms with Crippen LogP contribution in [-0.4, -0.2) is 23.4 Å². The van der Waals surface area contributed by atoms with E-state index in [1.165, 1.54) is 12.3 Å². The van der Waals surface area contributed by atoms with Crippen LogP contribution in [0.2, 0.25) is 0 Å². The van der Waals surface area contributed by atoms with Crippen LogP contribution in [-0.2, 0) is 16.1 Å². The largest absolute Gasteiger partial charge is 0.463 e. The fourth-order valence-electron chi connectivity index (χ4n) is 1.95. The minimum atomic E-state index is -0.992. The van der Waals surface area contributed by atoms with Crippen molar-refractivity contribution in [3.8, 4) is 0 Å². The van der Waals surface area contributed by atoms with Gasteiger partial charge in [0.2, 0.25) is 0 Å². The number of esters is 1. The normalized spacial score (nSPS) is 10.6. The van der Waals surface area contributed by atoms with Gasteiger partial charge in [-0.2, -0.15) is 0 Å². The number of ketones is 1. The van der Waals surface area contributed by atoms with E-state index in [-0.39, 0.29) is 10.9 Å². The van der Waals surface area contributed by atoms with E-state index >= 15 is 0 Å². The predicted octanol–water partition coefficient (Wildman–Crippen LogP) is 2.16. The van der Waals surface area contributed by atoms with E-state index in [1.807, 2.05) is 6.92 Å². The number of aryl methyl sites for hydroxylation is 1. The van der Waals surface area contributed by atoms with Crippen LogP contribution in [0.1, 0.15) is 17.3 Å². The van der Waals surface area contributed by atoms with E-state index in [2.05, 4.69) is 4.74 Å². The molecule has 0 spiro atoms. The van der Waals surface area contributed by atoms with E-state index in [1.54, 1.807) is 16.7 Å². The summed E-state index contributed by atoms with van der Waals surface area (Å²) in [7, 11) is 1.12. The third kappa shape index (κ3) is 1.77. The first-order valence-electron chi connectivity index (χ1n) is 5.50. The van der Waals surface area contributed by atoms with E-state index in [0.29, 0.717) is 12.1 Å². The maximum Gasteiger partial charge on any atom is 0.379 e. The number of ether oxygens (including phenoxy) is 1. The Kier molecular flexibility index (Phi) is 3.14. The average Bonchev–Trinajstić information content (AvgIpc) is 2.77. The number of fused-ring (bicyclic) bond motifs is 1. The molecule has 0 bridgehead atoms. The van der Waals surface area contributed by atoms with E-state index in [0.717, 1.165) is 7.11 Å². The Bertz CT molecular complexity index is 630. The van der Waals surface area contributed by atoms with Gasteiger partial charge in [0.15, 0.2) is 0 Å². The van der Waals surface area contributed by atoms with Gasteiger partial charge in [-0.1, -0.05) is 6.07 Å². The summed E-state index contributed by atoms with van der Waals surface area (Å²) in [4.78, 5) is 23.1. The number of methoxy groups -OCH3 is 1. The monoisotopic (exact) mass is 249 g/mol. The third-order valence-corrected chi connectivity index (χ3v) is 2.81. The maximum atomic E-state index is 13.8. The zero-order valence-corrected chi connectivity index (χ0v) is 10.1. The molecule has 0 saturated heterocycles. The molecule has 1 heterocycles. The number of aromatic nitrogens is 1. The molecule has 4 nitrogen and oxygen atoms in total. The van der Waals surface area contributed by atoms with Crippen LogP contribution in [0.25, 0.3) is 10.9 Å². The maximum absolute atomic E-state index is 13.8. The van der Waals surface area contributed by atoms with Gasteiger partial charge in [-0.3, -0.25) is 4.79 Å². The second kappa shape index (κ2) is 4.60. The summed E-state index contributed by atoms with van der Waals surface area (Å²) in [5.74, 6) is -2.35. The van der Waals surface area contributed by atoms with Gasteiger partial charge >= 0.3 is 5.97 Å². The van der Waals surface area contributed by atoms with Crippen LogP contribution in [0, 0.1) is 5.82 Å². The highest BCUT2D eigenvalue weighted by Gasteiger charge is 2.23. The molecule has 0 unspecified atom stereocenters. The number of hydrogen-bond acceptors (Lipinski definition) is 3. The lowest BCUT2D eigenvalue weighted by molar-refractivity contribution is -0.135. The van der Waals surface area contributed by atoms with Gasteiger partial charge in [0.25, 0.3) is 5.78 Å². The number of carbonyl (C=O) groups is 2. The Labute approximate surface area is 103 Å². The lowest BCUT2D eigenvalue weighted by atomic mass is 10.1. The van der Waals surface area contributed by atoms with Crippen molar-refractivity contribution in [1.82, 2.24) is 4.57 Å². The summed E-state index contributed by atoms with van der Waals surface area (Å²) in [6, 6.07) is 4.53. The Morgan fingerprint density at radius 3 is 2.72 bits per heavy atom. The fraction of sp³-hybridized carbons (Fsp3) is 0.231. The predicted molar refractivity (Wildman–Crippen MR) is 63.9 cm³/mol. The van der Waals surface area contributed by atoms with E-state index < -0.39 is 17.6 Å². The zero-order chi connectivity index (χ0) is 13.3. The summed E-state index contributed by atoms with van der Waals surface area (Å²) in [5.41, 5.74) is 0.626. The highest BCUT2D eigenvalue weighted by molar-refractivity contribution is 6.43. The summed E-state index contributed by atoms with van der Waals surface area (Å²) in [6.45, 7) is 2.45. The molecular formula is C13H12FNO3. The molecule has 2 aromatic rings. The minimum absolute atomic E-state index is 0.0387. The second-order valence-corrected chi connectivity index (χ2v) is 3.78. The van der Waals surface area contributed by atoms with Crippen LogP contribution in [0.5, 0.6) is 0 Å². The third-order valence-electron chi connectivity index (χ3n) is 2.81. The van der Waals surface area contributed by atoms with Gasteiger partial charge in [-0.15, -0.1) is 0 Å². The van der Waals surface area contributed by atoms with Gasteiger partial charge < -0.3 is 9.30 Å². The second-order valence-electron chi connectivity index (χ2n) is 3.78. The van der Waals surface area contributed by atoms with Gasteiger partial charge in [-0.05, 0) is 19.1 Å². The average molecular weight is 249 g/mol. The molecular weight excluding hydrogens is 237 g/mol. The van der Waals surface area contributed by atoms with E-state index in [9.17, 15) is 14.0 Å². The number of carbonyl (C=O) groups excluding carboxylic acids is 2. The fourth-order valence-corrected chi connectivity index (χ4v) is 1.95. The van der Waals surface area contributed by atoms with Crippen molar-refractivity contribution in [3.63, 3.8) is 0 Å². The molecule has 0 atom stereocenters. The smallest absolute Gasteiger partial charge is 0.379 e. The number of halogens is 1. The topological polar surface area (TPSA) is 48.3 Å². The zero-order valence-electron chi connectivity index (χ0n) is 10.1. The Balaban J connectivity index is 2.71. The van der Waals surface area contributed by atoms with Crippen molar-refractivity contribution < 1.29 is 18.7 Å². The Morgan fingerprint density at radius 1 is 1.39 bits per heavy atom. The first-order valence-corrected chi connectivity index (χ1v) is 5.50. The van der Waals surface area contributed by atoms with Gasteiger partial charge in [-0.25, -0.2) is 9.18 Å². The quantitative estimate of drug-likeness (QED) is 0.476. The van der Waals surface area contributed by atoms with E-state index in [4.69, 9.17) is 0 Å². The molecule has 94 valence electrons. The molecule has 5 heteroatoms. The van der Waals surface area contributed by atoms with Crippen LogP contribution < -0.4 is 0 Å². The lowest BCUT2D eigenvalue weighted by Crippen LogP contribution is -2.15. The molecule has 2 rings (SSSR count). The highest BCUT2D eigenvalue weighted by atomic mass is 19.1. The summed E-state index contributed by atoms with van der Waals surface area (Å²) in [5, 5.41) is 0.162. The van der Waals surface area contributed by atoms with Crippen molar-refractivity contribution in [3.05, 3.63) is 35.8 Å². The highest BCUT2D eigenvalue weighted by Crippen LogP contribution is 2.25. The molecule has 0 radical (unpaired) electrons. The Hall–Kier alpha value is -2.17. The SMILES string of the molecule is CCn1cc(C(=O)C(=O)OC)c2c(F)cccc21. The van der Waals surface area contributed by atoms with Crippen LogP contribution >= 0.6 is 0 Å². The minimum Gasteiger partial charge on any atom is -0.463 e. The molecule has 0 saturated carbocycles. The molecule has 1 aromatic carbocycles. The van der Waals surface area contributed by atoms with Crippen molar-refractivity contribution in [2.45, 2.75) is 13.5 Å². The first-order chi connectivity index (χ1) is 8.60. The molecule has 0 amide bonds. The van der Waals surface area contributed by atoms with Gasteiger partial charge in [0.1, 0.15) is 5.82 Å². The molecule has 0 aliphatic carbocycles. The van der Waals surface area contributed by atoms with Crippen molar-refractivity contribution in [1.29, 1.82) is 0 Å². The summed E-state index contributed by atoms with van der Waals surface area (Å²) in [6.07, 6.45) is 1.48. The lowest BCUT2D eigenvalue weighted by Gasteiger charge is -1.99. The van der Waals surface area contributed by atoms with Crippen LogP contribution in [0.3, 0.4) is 0 Å².